The maximum Gasteiger partial charge on any atom is 0.0475 e. The molecular formula is C15H30N2S. The monoisotopic (exact) mass is 270 g/mol. The molecule has 2 saturated heterocycles. The average molecular weight is 270 g/mol. The summed E-state index contributed by atoms with van der Waals surface area (Å²) in [6, 6.07) is 0.742. The van der Waals surface area contributed by atoms with Gasteiger partial charge in [0.05, 0.1) is 0 Å². The summed E-state index contributed by atoms with van der Waals surface area (Å²) in [6.07, 6.45) is 4.02. The van der Waals surface area contributed by atoms with Crippen LogP contribution in [0.15, 0.2) is 0 Å². The molecule has 18 heavy (non-hydrogen) atoms. The molecule has 2 unspecified atom stereocenters. The van der Waals surface area contributed by atoms with E-state index in [4.69, 9.17) is 5.73 Å². The molecular weight excluding hydrogens is 240 g/mol. The first-order valence-corrected chi connectivity index (χ1v) is 8.65. The third-order valence-corrected chi connectivity index (χ3v) is 6.60. The SMILES string of the molecule is CC(C)C1CCCN1C1(CN)CSCCC1(C)C. The molecule has 2 rings (SSSR count). The molecule has 2 fully saturated rings. The fourth-order valence-electron chi connectivity index (χ4n) is 3.94. The fourth-order valence-corrected chi connectivity index (χ4v) is 5.75. The van der Waals surface area contributed by atoms with Gasteiger partial charge in [0.25, 0.3) is 0 Å². The van der Waals surface area contributed by atoms with Crippen molar-refractivity contribution >= 4 is 11.8 Å². The van der Waals surface area contributed by atoms with Gasteiger partial charge in [0.2, 0.25) is 0 Å². The second kappa shape index (κ2) is 5.34. The van der Waals surface area contributed by atoms with E-state index in [1.54, 1.807) is 0 Å². The van der Waals surface area contributed by atoms with Crippen LogP contribution < -0.4 is 5.73 Å². The van der Waals surface area contributed by atoms with Crippen molar-refractivity contribution in [2.24, 2.45) is 17.1 Å². The zero-order valence-corrected chi connectivity index (χ0v) is 13.4. The van der Waals surface area contributed by atoms with Gasteiger partial charge in [0.15, 0.2) is 0 Å². The highest BCUT2D eigenvalue weighted by atomic mass is 32.2. The van der Waals surface area contributed by atoms with Crippen molar-refractivity contribution in [2.45, 2.75) is 58.5 Å². The van der Waals surface area contributed by atoms with Gasteiger partial charge >= 0.3 is 0 Å². The Kier molecular flexibility index (Phi) is 4.35. The van der Waals surface area contributed by atoms with E-state index in [1.165, 1.54) is 37.3 Å². The van der Waals surface area contributed by atoms with Gasteiger partial charge < -0.3 is 5.73 Å². The average Bonchev–Trinajstić information content (AvgIpc) is 2.78. The van der Waals surface area contributed by atoms with E-state index in [2.05, 4.69) is 44.4 Å². The molecule has 0 saturated carbocycles. The van der Waals surface area contributed by atoms with E-state index in [-0.39, 0.29) is 5.54 Å². The smallest absolute Gasteiger partial charge is 0.0475 e. The lowest BCUT2D eigenvalue weighted by atomic mass is 9.69. The standard InChI is InChI=1S/C15H30N2S/c1-12(2)13-6-5-8-17(13)15(10-16)11-18-9-7-14(15,3)4/h12-13H,5-11,16H2,1-4H3. The summed E-state index contributed by atoms with van der Waals surface area (Å²) in [5.74, 6) is 3.27. The minimum Gasteiger partial charge on any atom is -0.329 e. The molecule has 106 valence electrons. The van der Waals surface area contributed by atoms with Crippen LogP contribution in [0.5, 0.6) is 0 Å². The minimum absolute atomic E-state index is 0.224. The van der Waals surface area contributed by atoms with Crippen LogP contribution in [0.4, 0.5) is 0 Å². The first-order valence-electron chi connectivity index (χ1n) is 7.49. The number of nitrogens with two attached hydrogens (primary N) is 1. The Bertz CT molecular complexity index is 290. The van der Waals surface area contributed by atoms with E-state index in [9.17, 15) is 0 Å². The second-order valence-corrected chi connectivity index (χ2v) is 8.17. The van der Waals surface area contributed by atoms with Gasteiger partial charge in [0, 0.05) is 23.9 Å². The first kappa shape index (κ1) is 14.7. The Labute approximate surface area is 117 Å². The van der Waals surface area contributed by atoms with Gasteiger partial charge in [-0.3, -0.25) is 4.90 Å². The molecule has 2 aliphatic heterocycles. The number of hydrogen-bond acceptors (Lipinski definition) is 3. The van der Waals surface area contributed by atoms with Crippen LogP contribution in [-0.2, 0) is 0 Å². The molecule has 2 heterocycles. The Morgan fingerprint density at radius 3 is 2.67 bits per heavy atom. The fraction of sp³-hybridized carbons (Fsp3) is 1.00. The van der Waals surface area contributed by atoms with E-state index >= 15 is 0 Å². The predicted molar refractivity (Wildman–Crippen MR) is 82.1 cm³/mol. The van der Waals surface area contributed by atoms with Crippen molar-refractivity contribution in [3.8, 4) is 0 Å². The third kappa shape index (κ3) is 2.23. The highest BCUT2D eigenvalue weighted by molar-refractivity contribution is 7.99. The highest BCUT2D eigenvalue weighted by Crippen LogP contribution is 2.48. The maximum absolute atomic E-state index is 6.30. The van der Waals surface area contributed by atoms with Crippen molar-refractivity contribution in [3.63, 3.8) is 0 Å². The van der Waals surface area contributed by atoms with Crippen LogP contribution in [0.25, 0.3) is 0 Å². The number of hydrogen-bond donors (Lipinski definition) is 1. The van der Waals surface area contributed by atoms with Gasteiger partial charge in [-0.15, -0.1) is 0 Å². The summed E-state index contributed by atoms with van der Waals surface area (Å²) in [4.78, 5) is 2.80. The Morgan fingerprint density at radius 1 is 1.39 bits per heavy atom. The predicted octanol–water partition coefficient (Wildman–Crippen LogP) is 2.97. The molecule has 0 spiro atoms. The van der Waals surface area contributed by atoms with Crippen LogP contribution in [0.2, 0.25) is 0 Å². The normalized spacial score (nSPS) is 37.3. The van der Waals surface area contributed by atoms with Crippen molar-refractivity contribution < 1.29 is 0 Å². The molecule has 0 amide bonds. The topological polar surface area (TPSA) is 29.3 Å². The van der Waals surface area contributed by atoms with Crippen molar-refractivity contribution in [1.82, 2.24) is 4.90 Å². The quantitative estimate of drug-likeness (QED) is 0.855. The lowest BCUT2D eigenvalue weighted by Gasteiger charge is -2.57. The largest absolute Gasteiger partial charge is 0.329 e. The van der Waals surface area contributed by atoms with Crippen LogP contribution in [-0.4, -0.2) is 41.1 Å². The molecule has 0 bridgehead atoms. The molecule has 2 atom stereocenters. The van der Waals surface area contributed by atoms with E-state index in [1.807, 2.05) is 0 Å². The maximum atomic E-state index is 6.30. The molecule has 2 N–H and O–H groups in total. The van der Waals surface area contributed by atoms with E-state index in [0.717, 1.165) is 18.5 Å². The number of thioether (sulfide) groups is 1. The lowest BCUT2D eigenvalue weighted by molar-refractivity contribution is -0.0186. The minimum atomic E-state index is 0.224. The van der Waals surface area contributed by atoms with Crippen molar-refractivity contribution in [3.05, 3.63) is 0 Å². The zero-order valence-electron chi connectivity index (χ0n) is 12.5. The van der Waals surface area contributed by atoms with Crippen molar-refractivity contribution in [1.29, 1.82) is 0 Å². The van der Waals surface area contributed by atoms with Crippen LogP contribution in [0.3, 0.4) is 0 Å². The first-order chi connectivity index (χ1) is 8.44. The van der Waals surface area contributed by atoms with E-state index < -0.39 is 0 Å². The Hall–Kier alpha value is 0.270. The van der Waals surface area contributed by atoms with Gasteiger partial charge in [-0.1, -0.05) is 27.7 Å². The lowest BCUT2D eigenvalue weighted by Crippen LogP contribution is -2.67. The molecule has 0 radical (unpaired) electrons. The molecule has 0 aromatic rings. The van der Waals surface area contributed by atoms with Crippen LogP contribution >= 0.6 is 11.8 Å². The van der Waals surface area contributed by atoms with Gasteiger partial charge in [-0.2, -0.15) is 11.8 Å². The van der Waals surface area contributed by atoms with Crippen LogP contribution in [0.1, 0.15) is 47.0 Å². The molecule has 2 aliphatic rings. The summed E-state index contributed by atoms with van der Waals surface area (Å²) < 4.78 is 0. The molecule has 3 heteroatoms. The summed E-state index contributed by atoms with van der Waals surface area (Å²) in [6.45, 7) is 11.7. The van der Waals surface area contributed by atoms with Gasteiger partial charge in [-0.25, -0.2) is 0 Å². The summed E-state index contributed by atoms with van der Waals surface area (Å²) >= 11 is 2.11. The van der Waals surface area contributed by atoms with Gasteiger partial charge in [0.1, 0.15) is 0 Å². The third-order valence-electron chi connectivity index (χ3n) is 5.43. The Morgan fingerprint density at radius 2 is 2.11 bits per heavy atom. The number of rotatable bonds is 3. The summed E-state index contributed by atoms with van der Waals surface area (Å²) in [7, 11) is 0. The highest BCUT2D eigenvalue weighted by Gasteiger charge is 2.53. The van der Waals surface area contributed by atoms with Crippen LogP contribution in [0, 0.1) is 11.3 Å². The summed E-state index contributed by atoms with van der Waals surface area (Å²) in [5, 5.41) is 0. The van der Waals surface area contributed by atoms with Gasteiger partial charge in [-0.05, 0) is 42.9 Å². The van der Waals surface area contributed by atoms with Crippen molar-refractivity contribution in [2.75, 3.05) is 24.6 Å². The second-order valence-electron chi connectivity index (χ2n) is 7.07. The molecule has 0 aromatic heterocycles. The Balaban J connectivity index is 2.30. The van der Waals surface area contributed by atoms with E-state index in [0.29, 0.717) is 5.41 Å². The summed E-state index contributed by atoms with van der Waals surface area (Å²) in [5.41, 5.74) is 6.88. The number of likely N-dealkylation sites (tertiary alicyclic amines) is 1. The molecule has 0 aliphatic carbocycles. The zero-order chi connectivity index (χ0) is 13.4. The molecule has 2 nitrogen and oxygen atoms in total. The number of nitrogens with zero attached hydrogens (tertiary/aromatic N) is 1. The molecule has 0 aromatic carbocycles.